The minimum atomic E-state index is 0.395. The molecule has 1 unspecified atom stereocenters. The average molecular weight is 277 g/mol. The minimum Gasteiger partial charge on any atom is -0.373 e. The molecule has 2 heterocycles. The minimum absolute atomic E-state index is 0.395. The molecular formula is C15H27N5. The molecule has 1 aliphatic heterocycles. The predicted molar refractivity (Wildman–Crippen MR) is 84.4 cm³/mol. The van der Waals surface area contributed by atoms with Crippen LogP contribution in [-0.2, 0) is 0 Å². The average Bonchev–Trinajstić information content (AvgIpc) is 2.46. The first-order valence-corrected chi connectivity index (χ1v) is 7.67. The van der Waals surface area contributed by atoms with Gasteiger partial charge in [-0.2, -0.15) is 0 Å². The molecule has 20 heavy (non-hydrogen) atoms. The molecule has 5 heteroatoms. The van der Waals surface area contributed by atoms with Crippen molar-refractivity contribution in [1.29, 1.82) is 0 Å². The van der Waals surface area contributed by atoms with E-state index in [1.165, 1.54) is 24.9 Å². The summed E-state index contributed by atoms with van der Waals surface area (Å²) in [4.78, 5) is 11.3. The second-order valence-electron chi connectivity index (χ2n) is 5.77. The van der Waals surface area contributed by atoms with Gasteiger partial charge in [-0.25, -0.2) is 9.97 Å². The zero-order valence-electron chi connectivity index (χ0n) is 13.1. The summed E-state index contributed by atoms with van der Waals surface area (Å²) in [5, 5.41) is 6.81. The summed E-state index contributed by atoms with van der Waals surface area (Å²) >= 11 is 0. The number of anilines is 2. The Kier molecular flexibility index (Phi) is 5.17. The van der Waals surface area contributed by atoms with E-state index in [1.54, 1.807) is 6.33 Å². The molecule has 1 fully saturated rings. The maximum absolute atomic E-state index is 4.47. The maximum Gasteiger partial charge on any atom is 0.135 e. The number of hydrogen-bond donors (Lipinski definition) is 2. The number of piperidine rings is 1. The highest BCUT2D eigenvalue weighted by Crippen LogP contribution is 2.29. The summed E-state index contributed by atoms with van der Waals surface area (Å²) in [6.45, 7) is 10.0. The fourth-order valence-electron chi connectivity index (χ4n) is 2.91. The van der Waals surface area contributed by atoms with Gasteiger partial charge in [-0.15, -0.1) is 0 Å². The maximum atomic E-state index is 4.47. The molecule has 2 rings (SSSR count). The van der Waals surface area contributed by atoms with Gasteiger partial charge in [0.15, 0.2) is 0 Å². The van der Waals surface area contributed by atoms with Gasteiger partial charge in [0.05, 0.1) is 0 Å². The number of rotatable bonds is 5. The number of nitrogens with zero attached hydrogens (tertiary/aromatic N) is 3. The van der Waals surface area contributed by atoms with Crippen LogP contribution in [0, 0.1) is 0 Å². The molecular weight excluding hydrogens is 250 g/mol. The Morgan fingerprint density at radius 1 is 1.35 bits per heavy atom. The van der Waals surface area contributed by atoms with Crippen LogP contribution in [0.25, 0.3) is 0 Å². The Morgan fingerprint density at radius 2 is 2.10 bits per heavy atom. The van der Waals surface area contributed by atoms with Crippen molar-refractivity contribution >= 4 is 11.6 Å². The highest BCUT2D eigenvalue weighted by molar-refractivity contribution is 5.59. The third kappa shape index (κ3) is 3.39. The van der Waals surface area contributed by atoms with Gasteiger partial charge in [-0.3, -0.25) is 0 Å². The first kappa shape index (κ1) is 15.0. The lowest BCUT2D eigenvalue weighted by atomic mass is 10.0. The molecule has 1 aromatic rings. The summed E-state index contributed by atoms with van der Waals surface area (Å²) in [6, 6.07) is 0.487. The lowest BCUT2D eigenvalue weighted by molar-refractivity contribution is 0.226. The molecule has 0 saturated carbocycles. The Morgan fingerprint density at radius 3 is 2.75 bits per heavy atom. The van der Waals surface area contributed by atoms with Crippen LogP contribution in [0.5, 0.6) is 0 Å². The van der Waals surface area contributed by atoms with Crippen molar-refractivity contribution < 1.29 is 0 Å². The quantitative estimate of drug-likeness (QED) is 0.866. The Bertz CT molecular complexity index is 432. The van der Waals surface area contributed by atoms with Crippen LogP contribution in [0.2, 0.25) is 0 Å². The largest absolute Gasteiger partial charge is 0.373 e. The van der Waals surface area contributed by atoms with Gasteiger partial charge in [0.2, 0.25) is 0 Å². The SMILES string of the molecule is CCN1CCCC(Nc2ncnc(NC)c2C(C)C)C1. The van der Waals surface area contributed by atoms with Crippen LogP contribution in [0.15, 0.2) is 6.33 Å². The molecule has 1 atom stereocenters. The zero-order chi connectivity index (χ0) is 14.5. The standard InChI is InChI=1S/C15H27N5/c1-5-20-8-6-7-12(9-20)19-15-13(11(2)3)14(16-4)17-10-18-15/h10-12H,5-9H2,1-4H3,(H2,16,17,18,19). The summed E-state index contributed by atoms with van der Waals surface area (Å²) in [5.74, 6) is 2.31. The van der Waals surface area contributed by atoms with E-state index in [9.17, 15) is 0 Å². The number of hydrogen-bond acceptors (Lipinski definition) is 5. The van der Waals surface area contributed by atoms with Gasteiger partial charge < -0.3 is 15.5 Å². The highest BCUT2D eigenvalue weighted by atomic mass is 15.2. The van der Waals surface area contributed by atoms with E-state index >= 15 is 0 Å². The number of aromatic nitrogens is 2. The van der Waals surface area contributed by atoms with Crippen LogP contribution in [0.1, 0.15) is 45.1 Å². The first-order chi connectivity index (χ1) is 9.65. The van der Waals surface area contributed by atoms with Crippen molar-refractivity contribution in [3.8, 4) is 0 Å². The van der Waals surface area contributed by atoms with Crippen molar-refractivity contribution in [3.63, 3.8) is 0 Å². The normalized spacial score (nSPS) is 20.1. The molecule has 0 bridgehead atoms. The van der Waals surface area contributed by atoms with Gasteiger partial charge in [-0.05, 0) is 31.8 Å². The molecule has 0 radical (unpaired) electrons. The Labute approximate surface area is 122 Å². The van der Waals surface area contributed by atoms with Crippen molar-refractivity contribution in [2.45, 2.75) is 45.6 Å². The van der Waals surface area contributed by atoms with Crippen molar-refractivity contribution in [2.24, 2.45) is 0 Å². The number of likely N-dealkylation sites (N-methyl/N-ethyl adjacent to an activating group) is 1. The monoisotopic (exact) mass is 277 g/mol. The van der Waals surface area contributed by atoms with Gasteiger partial charge in [0, 0.05) is 25.2 Å². The van der Waals surface area contributed by atoms with E-state index in [0.29, 0.717) is 12.0 Å². The van der Waals surface area contributed by atoms with Crippen LogP contribution in [0.3, 0.4) is 0 Å². The predicted octanol–water partition coefficient (Wildman–Crippen LogP) is 2.54. The molecule has 0 amide bonds. The van der Waals surface area contributed by atoms with Crippen LogP contribution in [0.4, 0.5) is 11.6 Å². The lowest BCUT2D eigenvalue weighted by Gasteiger charge is -2.33. The number of nitrogens with one attached hydrogen (secondary N) is 2. The number of likely N-dealkylation sites (tertiary alicyclic amines) is 1. The molecule has 1 aliphatic rings. The highest BCUT2D eigenvalue weighted by Gasteiger charge is 2.21. The molecule has 0 aromatic carbocycles. The van der Waals surface area contributed by atoms with E-state index in [-0.39, 0.29) is 0 Å². The van der Waals surface area contributed by atoms with Gasteiger partial charge in [0.1, 0.15) is 18.0 Å². The fourth-order valence-corrected chi connectivity index (χ4v) is 2.91. The molecule has 1 saturated heterocycles. The van der Waals surface area contributed by atoms with Crippen molar-refractivity contribution in [3.05, 3.63) is 11.9 Å². The topological polar surface area (TPSA) is 53.1 Å². The smallest absolute Gasteiger partial charge is 0.135 e. The first-order valence-electron chi connectivity index (χ1n) is 7.67. The Hall–Kier alpha value is -1.36. The summed E-state index contributed by atoms with van der Waals surface area (Å²) < 4.78 is 0. The second kappa shape index (κ2) is 6.88. The molecule has 2 N–H and O–H groups in total. The van der Waals surface area contributed by atoms with E-state index < -0.39 is 0 Å². The van der Waals surface area contributed by atoms with Gasteiger partial charge >= 0.3 is 0 Å². The van der Waals surface area contributed by atoms with E-state index in [2.05, 4.69) is 46.3 Å². The third-order valence-corrected chi connectivity index (χ3v) is 3.99. The van der Waals surface area contributed by atoms with Gasteiger partial charge in [-0.1, -0.05) is 20.8 Å². The van der Waals surface area contributed by atoms with Crippen LogP contribution < -0.4 is 10.6 Å². The van der Waals surface area contributed by atoms with E-state index in [1.807, 2.05) is 7.05 Å². The van der Waals surface area contributed by atoms with E-state index in [4.69, 9.17) is 0 Å². The third-order valence-electron chi connectivity index (χ3n) is 3.99. The van der Waals surface area contributed by atoms with E-state index in [0.717, 1.165) is 24.7 Å². The molecule has 0 aliphatic carbocycles. The van der Waals surface area contributed by atoms with Crippen molar-refractivity contribution in [2.75, 3.05) is 37.3 Å². The van der Waals surface area contributed by atoms with Gasteiger partial charge in [0.25, 0.3) is 0 Å². The summed E-state index contributed by atoms with van der Waals surface area (Å²) in [7, 11) is 1.91. The lowest BCUT2D eigenvalue weighted by Crippen LogP contribution is -2.42. The summed E-state index contributed by atoms with van der Waals surface area (Å²) in [5.41, 5.74) is 1.18. The molecule has 5 nitrogen and oxygen atoms in total. The fraction of sp³-hybridized carbons (Fsp3) is 0.733. The van der Waals surface area contributed by atoms with Crippen LogP contribution >= 0.6 is 0 Å². The Balaban J connectivity index is 2.16. The molecule has 0 spiro atoms. The molecule has 112 valence electrons. The molecule has 1 aromatic heterocycles. The van der Waals surface area contributed by atoms with Crippen LogP contribution in [-0.4, -0.2) is 47.6 Å². The zero-order valence-corrected chi connectivity index (χ0v) is 13.1. The second-order valence-corrected chi connectivity index (χ2v) is 5.77. The van der Waals surface area contributed by atoms with Crippen molar-refractivity contribution in [1.82, 2.24) is 14.9 Å². The summed E-state index contributed by atoms with van der Waals surface area (Å²) in [6.07, 6.45) is 4.11.